The zero-order valence-corrected chi connectivity index (χ0v) is 23.1. The van der Waals surface area contributed by atoms with Crippen molar-refractivity contribution in [3.05, 3.63) is 46.0 Å². The number of nitrogens with one attached hydrogen (secondary N) is 1. The van der Waals surface area contributed by atoms with Gasteiger partial charge in [-0.05, 0) is 46.7 Å². The number of nitrogens with zero attached hydrogens (tertiary/aromatic N) is 5. The van der Waals surface area contributed by atoms with E-state index in [1.807, 2.05) is 34.8 Å². The molecule has 6 atom stereocenters. The van der Waals surface area contributed by atoms with Crippen LogP contribution in [0.2, 0.25) is 5.02 Å². The fraction of sp³-hybridized carbons (Fsp3) is 0.536. The van der Waals surface area contributed by atoms with Gasteiger partial charge in [0.05, 0.1) is 29.2 Å². The Labute approximate surface area is 229 Å². The SMILES string of the molecule is O=C(N1CCCC(CNc2cc(-c3ccccc3Cl)nc3c(Br)cnn23)C1)[N+]12[C@@H]3CC4C[C@H]1CC2(C4)C3. The van der Waals surface area contributed by atoms with Crippen LogP contribution in [0.1, 0.15) is 44.9 Å². The molecule has 8 aliphatic rings. The summed E-state index contributed by atoms with van der Waals surface area (Å²) in [4.78, 5) is 21.1. The zero-order chi connectivity index (χ0) is 24.9. The molecular formula is C28H31BrClN6O+. The number of hydrogen-bond donors (Lipinski definition) is 1. The normalized spacial score (nSPS) is 35.2. The minimum Gasteiger partial charge on any atom is -0.370 e. The van der Waals surface area contributed by atoms with Crippen LogP contribution in [0.4, 0.5) is 10.6 Å². The van der Waals surface area contributed by atoms with E-state index >= 15 is 0 Å². The van der Waals surface area contributed by atoms with Crippen molar-refractivity contribution in [3.8, 4) is 11.3 Å². The van der Waals surface area contributed by atoms with Gasteiger partial charge in [-0.3, -0.25) is 4.90 Å². The van der Waals surface area contributed by atoms with Crippen molar-refractivity contribution >= 4 is 45.0 Å². The van der Waals surface area contributed by atoms with Crippen LogP contribution in [0, 0.1) is 11.8 Å². The number of benzene rings is 1. The van der Waals surface area contributed by atoms with Crippen molar-refractivity contribution in [3.63, 3.8) is 0 Å². The first kappa shape index (κ1) is 22.8. The Morgan fingerprint density at radius 2 is 2.03 bits per heavy atom. The van der Waals surface area contributed by atoms with E-state index in [9.17, 15) is 4.79 Å². The van der Waals surface area contributed by atoms with Crippen LogP contribution in [0.15, 0.2) is 41.0 Å². The van der Waals surface area contributed by atoms with E-state index in [1.165, 1.54) is 32.1 Å². The van der Waals surface area contributed by atoms with E-state index < -0.39 is 0 Å². The van der Waals surface area contributed by atoms with Gasteiger partial charge in [-0.1, -0.05) is 29.8 Å². The second-order valence-corrected chi connectivity index (χ2v) is 13.4. The third-order valence-corrected chi connectivity index (χ3v) is 11.2. The highest BCUT2D eigenvalue weighted by atomic mass is 79.9. The van der Waals surface area contributed by atoms with Crippen molar-refractivity contribution in [2.75, 3.05) is 25.0 Å². The Hall–Kier alpha value is -2.16. The number of carbonyl (C=O) groups is 1. The summed E-state index contributed by atoms with van der Waals surface area (Å²) in [5.41, 5.74) is 2.78. The fourth-order valence-electron chi connectivity index (χ4n) is 9.06. The topological polar surface area (TPSA) is 62.5 Å². The minimum absolute atomic E-state index is 0.323. The number of rotatable bonds is 4. The van der Waals surface area contributed by atoms with Gasteiger partial charge in [0.2, 0.25) is 0 Å². The van der Waals surface area contributed by atoms with Crippen LogP contribution in [0.25, 0.3) is 16.9 Å². The first-order valence-electron chi connectivity index (χ1n) is 13.7. The van der Waals surface area contributed by atoms with Gasteiger partial charge in [-0.2, -0.15) is 9.61 Å². The average Bonchev–Trinajstić information content (AvgIpc) is 3.27. The Kier molecular flexibility index (Phi) is 4.88. The predicted molar refractivity (Wildman–Crippen MR) is 146 cm³/mol. The summed E-state index contributed by atoms with van der Waals surface area (Å²) in [6, 6.07) is 11.5. The monoisotopic (exact) mass is 581 g/mol. The Bertz CT molecular complexity index is 1420. The van der Waals surface area contributed by atoms with Crippen LogP contribution < -0.4 is 5.32 Å². The number of fused-ring (bicyclic) bond motifs is 1. The lowest BCUT2D eigenvalue weighted by Gasteiger charge is -2.81. The number of quaternary nitrogens is 1. The number of aromatic nitrogens is 3. The first-order valence-corrected chi connectivity index (χ1v) is 14.9. The maximum absolute atomic E-state index is 14.1. The molecule has 1 aromatic carbocycles. The Morgan fingerprint density at radius 1 is 1.22 bits per heavy atom. The molecule has 3 aromatic rings. The van der Waals surface area contributed by atoms with E-state index in [0.717, 1.165) is 70.1 Å². The molecule has 2 aromatic heterocycles. The van der Waals surface area contributed by atoms with Gasteiger partial charge < -0.3 is 5.32 Å². The van der Waals surface area contributed by atoms with E-state index in [0.29, 0.717) is 34.6 Å². The number of halogens is 2. The highest BCUT2D eigenvalue weighted by molar-refractivity contribution is 9.10. The van der Waals surface area contributed by atoms with Crippen molar-refractivity contribution in [1.82, 2.24) is 19.5 Å². The molecular weight excluding hydrogens is 552 g/mol. The molecule has 192 valence electrons. The maximum atomic E-state index is 14.1. The van der Waals surface area contributed by atoms with Crippen molar-refractivity contribution < 1.29 is 9.28 Å². The van der Waals surface area contributed by atoms with Crippen LogP contribution in [-0.4, -0.2) is 67.3 Å². The van der Waals surface area contributed by atoms with Crippen LogP contribution in [0.3, 0.4) is 0 Å². The number of carbonyl (C=O) groups excluding carboxylic acids is 1. The number of hydrogen-bond acceptors (Lipinski definition) is 4. The summed E-state index contributed by atoms with van der Waals surface area (Å²) >= 11 is 10.1. The van der Waals surface area contributed by atoms with Gasteiger partial charge in [-0.25, -0.2) is 14.3 Å². The largest absolute Gasteiger partial charge is 0.420 e. The van der Waals surface area contributed by atoms with E-state index in [2.05, 4.69) is 31.2 Å². The molecule has 37 heavy (non-hydrogen) atoms. The minimum atomic E-state index is 0.323. The molecule has 1 N–H and O–H groups in total. The summed E-state index contributed by atoms with van der Waals surface area (Å²) in [5, 5.41) is 8.87. The highest BCUT2D eigenvalue weighted by Crippen LogP contribution is 2.72. The third-order valence-electron chi connectivity index (χ3n) is 10.3. The lowest BCUT2D eigenvalue weighted by atomic mass is 9.45. The third kappa shape index (κ3) is 3.01. The molecule has 4 unspecified atom stereocenters. The molecule has 6 aliphatic heterocycles. The zero-order valence-electron chi connectivity index (χ0n) is 20.7. The molecule has 0 radical (unpaired) electrons. The molecule has 11 rings (SSSR count). The number of urea groups is 1. The van der Waals surface area contributed by atoms with Crippen LogP contribution >= 0.6 is 27.5 Å². The van der Waals surface area contributed by atoms with E-state index in [4.69, 9.17) is 16.6 Å². The summed E-state index contributed by atoms with van der Waals surface area (Å²) in [5.74, 6) is 2.20. The van der Waals surface area contributed by atoms with Gasteiger partial charge in [0, 0.05) is 55.5 Å². The van der Waals surface area contributed by atoms with Gasteiger partial charge in [0.25, 0.3) is 0 Å². The van der Waals surface area contributed by atoms with Crippen molar-refractivity contribution in [1.29, 1.82) is 0 Å². The lowest BCUT2D eigenvalue weighted by molar-refractivity contribution is -1.06. The molecule has 5 bridgehead atoms. The fourth-order valence-corrected chi connectivity index (χ4v) is 9.64. The lowest BCUT2D eigenvalue weighted by Crippen LogP contribution is -2.97. The second kappa shape index (κ2) is 7.93. The highest BCUT2D eigenvalue weighted by Gasteiger charge is 2.86. The maximum Gasteiger partial charge on any atom is 0.420 e. The molecule has 9 heteroatoms. The van der Waals surface area contributed by atoms with Crippen molar-refractivity contribution in [2.24, 2.45) is 11.8 Å². The smallest absolute Gasteiger partial charge is 0.370 e. The Morgan fingerprint density at radius 3 is 2.81 bits per heavy atom. The van der Waals surface area contributed by atoms with Crippen molar-refractivity contribution in [2.45, 2.75) is 62.6 Å². The van der Waals surface area contributed by atoms with Gasteiger partial charge >= 0.3 is 6.03 Å². The predicted octanol–water partition coefficient (Wildman–Crippen LogP) is 5.97. The molecule has 8 heterocycles. The molecule has 8 fully saturated rings. The van der Waals surface area contributed by atoms with Gasteiger partial charge in [0.15, 0.2) is 5.65 Å². The first-order chi connectivity index (χ1) is 18.0. The molecule has 1 spiro atoms. The summed E-state index contributed by atoms with van der Waals surface area (Å²) in [7, 11) is 0. The Balaban J connectivity index is 1.02. The van der Waals surface area contributed by atoms with Crippen LogP contribution in [-0.2, 0) is 0 Å². The van der Waals surface area contributed by atoms with E-state index in [-0.39, 0.29) is 0 Å². The van der Waals surface area contributed by atoms with Gasteiger partial charge in [0.1, 0.15) is 23.4 Å². The molecule has 2 aliphatic carbocycles. The van der Waals surface area contributed by atoms with Gasteiger partial charge in [-0.15, -0.1) is 0 Å². The molecule has 2 saturated carbocycles. The van der Waals surface area contributed by atoms with E-state index in [1.54, 1.807) is 6.20 Å². The summed E-state index contributed by atoms with van der Waals surface area (Å²) < 4.78 is 3.53. The molecule has 2 amide bonds. The number of amides is 2. The second-order valence-electron chi connectivity index (χ2n) is 12.1. The number of piperidine rings is 5. The quantitative estimate of drug-likeness (QED) is 0.385. The average molecular weight is 583 g/mol. The molecule has 7 nitrogen and oxygen atoms in total. The molecule has 6 saturated heterocycles. The number of likely N-dealkylation sites (tertiary alicyclic amines) is 1. The summed E-state index contributed by atoms with van der Waals surface area (Å²) in [6.45, 7) is 2.55. The number of anilines is 1. The summed E-state index contributed by atoms with van der Waals surface area (Å²) in [6.07, 6.45) is 10.5. The standard InChI is InChI=1S/C28H31BrClN6O/c29-22-15-32-35-25(10-24(33-26(22)35)21-5-1-2-6-23(21)30)31-14-17-4-3-7-34(16-17)27(37)36-19-8-18-9-20(36)13-28(36,11-18)12-19/h1-2,5-6,10,15,17-20,31H,3-4,7-9,11-14,16H2/q+1/t17?,18?,19-,20+,28?,36?. The van der Waals surface area contributed by atoms with Crippen LogP contribution in [0.5, 0.6) is 0 Å².